The highest BCUT2D eigenvalue weighted by Gasteiger charge is 2.22. The molecule has 1 aliphatic rings. The average Bonchev–Trinajstić information content (AvgIpc) is 2.57. The van der Waals surface area contributed by atoms with Crippen molar-refractivity contribution in [2.24, 2.45) is 10.7 Å². The topological polar surface area (TPSA) is 67.5 Å². The molecule has 0 aromatic heterocycles. The molecule has 20 heavy (non-hydrogen) atoms. The Bertz CT molecular complexity index is 698. The molecule has 2 aromatic carbocycles. The van der Waals surface area contributed by atoms with Crippen LogP contribution in [-0.4, -0.2) is 17.8 Å². The summed E-state index contributed by atoms with van der Waals surface area (Å²) in [5, 5.41) is 2.80. The number of nitrogens with one attached hydrogen (secondary N) is 1. The summed E-state index contributed by atoms with van der Waals surface area (Å²) < 4.78 is 0.888. The van der Waals surface area contributed by atoms with Gasteiger partial charge in [-0.3, -0.25) is 9.79 Å². The van der Waals surface area contributed by atoms with Crippen molar-refractivity contribution in [2.75, 3.05) is 5.32 Å². The molecule has 3 rings (SSSR count). The van der Waals surface area contributed by atoms with Gasteiger partial charge in [0.1, 0.15) is 0 Å². The summed E-state index contributed by atoms with van der Waals surface area (Å²) in [7, 11) is 0. The fourth-order valence-electron chi connectivity index (χ4n) is 2.13. The molecule has 0 fully saturated rings. The van der Waals surface area contributed by atoms with Crippen molar-refractivity contribution in [1.29, 1.82) is 0 Å². The summed E-state index contributed by atoms with van der Waals surface area (Å²) in [5.41, 5.74) is 9.04. The van der Waals surface area contributed by atoms with Crippen LogP contribution in [0, 0.1) is 0 Å². The standard InChI is InChI=1S/C15H12BrN3O/c16-10-6-7-11-12(8-10)18-15(20)14(17)19-13(11)9-4-2-1-3-5-9/h1-8,14H,17H2,(H,18,20)/t14-/m0/s1. The number of nitrogens with zero attached hydrogens (tertiary/aromatic N) is 1. The Morgan fingerprint density at radius 1 is 1.15 bits per heavy atom. The SMILES string of the molecule is N[C@H]1N=C(c2ccccc2)c2ccc(Br)cc2NC1=O. The summed E-state index contributed by atoms with van der Waals surface area (Å²) in [6.45, 7) is 0. The van der Waals surface area contributed by atoms with E-state index in [4.69, 9.17) is 5.73 Å². The van der Waals surface area contributed by atoms with Gasteiger partial charge in [-0.25, -0.2) is 0 Å². The van der Waals surface area contributed by atoms with Gasteiger partial charge in [0, 0.05) is 15.6 Å². The van der Waals surface area contributed by atoms with E-state index in [1.54, 1.807) is 0 Å². The summed E-state index contributed by atoms with van der Waals surface area (Å²) in [5.74, 6) is -0.310. The van der Waals surface area contributed by atoms with E-state index in [0.717, 1.165) is 21.3 Å². The number of hydrogen-bond donors (Lipinski definition) is 2. The predicted molar refractivity (Wildman–Crippen MR) is 82.8 cm³/mol. The van der Waals surface area contributed by atoms with Crippen LogP contribution in [0.3, 0.4) is 0 Å². The molecule has 1 heterocycles. The molecule has 1 atom stereocenters. The van der Waals surface area contributed by atoms with E-state index in [1.807, 2.05) is 48.5 Å². The van der Waals surface area contributed by atoms with Crippen molar-refractivity contribution in [2.45, 2.75) is 6.17 Å². The highest BCUT2D eigenvalue weighted by atomic mass is 79.9. The number of aliphatic imine (C=N–C) groups is 1. The highest BCUT2D eigenvalue weighted by molar-refractivity contribution is 9.10. The number of hydrogen-bond acceptors (Lipinski definition) is 3. The fraction of sp³-hybridized carbons (Fsp3) is 0.0667. The number of amides is 1. The third-order valence-corrected chi connectivity index (χ3v) is 3.57. The normalized spacial score (nSPS) is 17.8. The van der Waals surface area contributed by atoms with Crippen LogP contribution in [0.15, 0.2) is 58.0 Å². The third-order valence-electron chi connectivity index (χ3n) is 3.08. The molecule has 3 N–H and O–H groups in total. The van der Waals surface area contributed by atoms with Gasteiger partial charge in [0.25, 0.3) is 5.91 Å². The lowest BCUT2D eigenvalue weighted by Gasteiger charge is -2.10. The second kappa shape index (κ2) is 5.19. The van der Waals surface area contributed by atoms with E-state index in [0.29, 0.717) is 5.69 Å². The molecule has 0 saturated carbocycles. The molecule has 0 radical (unpaired) electrons. The Morgan fingerprint density at radius 2 is 1.90 bits per heavy atom. The van der Waals surface area contributed by atoms with Crippen molar-refractivity contribution in [3.8, 4) is 0 Å². The number of anilines is 1. The number of halogens is 1. The van der Waals surface area contributed by atoms with Gasteiger partial charge in [-0.05, 0) is 18.2 Å². The van der Waals surface area contributed by atoms with E-state index in [2.05, 4.69) is 26.2 Å². The molecule has 0 spiro atoms. The van der Waals surface area contributed by atoms with Crippen LogP contribution < -0.4 is 11.1 Å². The van der Waals surface area contributed by atoms with Crippen molar-refractivity contribution >= 4 is 33.2 Å². The molecular formula is C15H12BrN3O. The van der Waals surface area contributed by atoms with Crippen LogP contribution in [0.5, 0.6) is 0 Å². The number of fused-ring (bicyclic) bond motifs is 1. The van der Waals surface area contributed by atoms with Crippen molar-refractivity contribution in [3.63, 3.8) is 0 Å². The molecule has 5 heteroatoms. The van der Waals surface area contributed by atoms with Crippen LogP contribution in [0.4, 0.5) is 5.69 Å². The Hall–Kier alpha value is -1.98. The number of benzodiazepines with no additional fused rings is 1. The zero-order valence-electron chi connectivity index (χ0n) is 10.5. The molecule has 0 bridgehead atoms. The second-order valence-electron chi connectivity index (χ2n) is 4.47. The highest BCUT2D eigenvalue weighted by Crippen LogP contribution is 2.26. The summed E-state index contributed by atoms with van der Waals surface area (Å²) in [4.78, 5) is 16.3. The first-order chi connectivity index (χ1) is 9.65. The largest absolute Gasteiger partial charge is 0.322 e. The predicted octanol–water partition coefficient (Wildman–Crippen LogP) is 2.52. The quantitative estimate of drug-likeness (QED) is 0.844. The van der Waals surface area contributed by atoms with Gasteiger partial charge in [0.15, 0.2) is 6.17 Å². The maximum atomic E-state index is 11.9. The minimum absolute atomic E-state index is 0.310. The van der Waals surface area contributed by atoms with Crippen LogP contribution in [0.2, 0.25) is 0 Å². The molecule has 100 valence electrons. The van der Waals surface area contributed by atoms with Crippen LogP contribution in [-0.2, 0) is 4.79 Å². The van der Waals surface area contributed by atoms with Gasteiger partial charge in [-0.1, -0.05) is 46.3 Å². The van der Waals surface area contributed by atoms with Gasteiger partial charge in [0.2, 0.25) is 0 Å². The molecule has 4 nitrogen and oxygen atoms in total. The zero-order valence-corrected chi connectivity index (χ0v) is 12.1. The number of rotatable bonds is 1. The average molecular weight is 330 g/mol. The summed E-state index contributed by atoms with van der Waals surface area (Å²) in [6, 6.07) is 15.4. The summed E-state index contributed by atoms with van der Waals surface area (Å²) in [6.07, 6.45) is -0.906. The van der Waals surface area contributed by atoms with E-state index >= 15 is 0 Å². The van der Waals surface area contributed by atoms with Crippen molar-refractivity contribution in [1.82, 2.24) is 0 Å². The summed E-state index contributed by atoms with van der Waals surface area (Å²) >= 11 is 3.40. The molecule has 0 saturated heterocycles. The smallest absolute Gasteiger partial charge is 0.263 e. The van der Waals surface area contributed by atoms with Crippen LogP contribution in [0.25, 0.3) is 0 Å². The lowest BCUT2D eigenvalue weighted by molar-refractivity contribution is -0.117. The monoisotopic (exact) mass is 329 g/mol. The maximum absolute atomic E-state index is 11.9. The first-order valence-corrected chi connectivity index (χ1v) is 6.94. The Labute approximate surface area is 124 Å². The maximum Gasteiger partial charge on any atom is 0.263 e. The molecule has 0 aliphatic carbocycles. The fourth-order valence-corrected chi connectivity index (χ4v) is 2.49. The van der Waals surface area contributed by atoms with Crippen molar-refractivity contribution in [3.05, 3.63) is 64.1 Å². The van der Waals surface area contributed by atoms with Crippen LogP contribution in [0.1, 0.15) is 11.1 Å². The molecule has 1 amide bonds. The third kappa shape index (κ3) is 2.37. The van der Waals surface area contributed by atoms with Crippen LogP contribution >= 0.6 is 15.9 Å². The van der Waals surface area contributed by atoms with Gasteiger partial charge < -0.3 is 11.1 Å². The van der Waals surface area contributed by atoms with Gasteiger partial charge in [-0.15, -0.1) is 0 Å². The molecule has 1 aliphatic heterocycles. The lowest BCUT2D eigenvalue weighted by atomic mass is 10.0. The molecular weight excluding hydrogens is 318 g/mol. The minimum atomic E-state index is -0.906. The van der Waals surface area contributed by atoms with Gasteiger partial charge in [-0.2, -0.15) is 0 Å². The number of carbonyl (C=O) groups is 1. The van der Waals surface area contributed by atoms with E-state index in [1.165, 1.54) is 0 Å². The Kier molecular flexibility index (Phi) is 3.38. The zero-order chi connectivity index (χ0) is 14.1. The van der Waals surface area contributed by atoms with E-state index in [9.17, 15) is 4.79 Å². The van der Waals surface area contributed by atoms with E-state index in [-0.39, 0.29) is 5.91 Å². The van der Waals surface area contributed by atoms with Gasteiger partial charge in [0.05, 0.1) is 11.4 Å². The molecule has 0 unspecified atom stereocenters. The first-order valence-electron chi connectivity index (χ1n) is 6.15. The van der Waals surface area contributed by atoms with Gasteiger partial charge >= 0.3 is 0 Å². The second-order valence-corrected chi connectivity index (χ2v) is 5.38. The molecule has 2 aromatic rings. The van der Waals surface area contributed by atoms with Crippen molar-refractivity contribution < 1.29 is 4.79 Å². The van der Waals surface area contributed by atoms with E-state index < -0.39 is 6.17 Å². The Morgan fingerprint density at radius 3 is 2.65 bits per heavy atom. The number of carbonyl (C=O) groups excluding carboxylic acids is 1. The number of nitrogens with two attached hydrogens (primary N) is 1. The number of benzene rings is 2. The Balaban J connectivity index is 2.22. The first kappa shape index (κ1) is 13.0. The lowest BCUT2D eigenvalue weighted by Crippen LogP contribution is -2.33. The minimum Gasteiger partial charge on any atom is -0.322 e.